The molecular formula is C33H43N5O3. The normalized spacial score (nSPS) is 25.7. The van der Waals surface area contributed by atoms with Crippen molar-refractivity contribution in [1.29, 1.82) is 5.26 Å². The molecule has 8 heteroatoms. The van der Waals surface area contributed by atoms with Crippen LogP contribution in [0.5, 0.6) is 5.75 Å². The van der Waals surface area contributed by atoms with Crippen molar-refractivity contribution in [2.24, 2.45) is 22.7 Å². The van der Waals surface area contributed by atoms with Crippen molar-refractivity contribution in [3.05, 3.63) is 46.8 Å². The molecule has 2 aromatic rings. The average molecular weight is 558 g/mol. The fraction of sp³-hybridized carbons (Fsp3) is 0.606. The highest BCUT2D eigenvalue weighted by Gasteiger charge is 2.27. The van der Waals surface area contributed by atoms with Gasteiger partial charge in [0.15, 0.2) is 0 Å². The summed E-state index contributed by atoms with van der Waals surface area (Å²) in [6.45, 7) is 5.85. The largest absolute Gasteiger partial charge is 0.490 e. The lowest BCUT2D eigenvalue weighted by Gasteiger charge is -2.35. The third-order valence-corrected chi connectivity index (χ3v) is 9.54. The zero-order chi connectivity index (χ0) is 28.8. The number of hydrogen-bond acceptors (Lipinski definition) is 7. The topological polar surface area (TPSA) is 112 Å². The SMILES string of the molecule is Cc1c(C#N)ccc(OC2CCC(C=NC(=O)c3cnc(N4CCC(CC5CCC(O)CC5)CC4)nc3)CC2)c1C. The molecule has 0 atom stereocenters. The van der Waals surface area contributed by atoms with E-state index < -0.39 is 0 Å². The lowest BCUT2D eigenvalue weighted by atomic mass is 9.79. The first-order valence-corrected chi connectivity index (χ1v) is 15.4. The minimum absolute atomic E-state index is 0.0817. The quantitative estimate of drug-likeness (QED) is 0.417. The van der Waals surface area contributed by atoms with Crippen LogP contribution in [0.4, 0.5) is 5.95 Å². The third kappa shape index (κ3) is 7.51. The minimum Gasteiger partial charge on any atom is -0.490 e. The maximum absolute atomic E-state index is 12.7. The predicted molar refractivity (Wildman–Crippen MR) is 159 cm³/mol. The van der Waals surface area contributed by atoms with Gasteiger partial charge in [-0.25, -0.2) is 15.0 Å². The van der Waals surface area contributed by atoms with E-state index in [9.17, 15) is 15.2 Å². The van der Waals surface area contributed by atoms with Crippen LogP contribution in [0.1, 0.15) is 97.7 Å². The number of piperidine rings is 1. The van der Waals surface area contributed by atoms with Crippen LogP contribution in [0.25, 0.3) is 0 Å². The van der Waals surface area contributed by atoms with E-state index in [0.29, 0.717) is 17.1 Å². The fourth-order valence-electron chi connectivity index (χ4n) is 6.64. The maximum Gasteiger partial charge on any atom is 0.279 e. The highest BCUT2D eigenvalue weighted by molar-refractivity contribution is 5.98. The number of anilines is 1. The molecule has 1 aromatic heterocycles. The highest BCUT2D eigenvalue weighted by atomic mass is 16.5. The molecule has 1 amide bonds. The van der Waals surface area contributed by atoms with E-state index in [4.69, 9.17) is 4.74 Å². The molecule has 0 bridgehead atoms. The third-order valence-electron chi connectivity index (χ3n) is 9.54. The molecule has 2 saturated carbocycles. The summed E-state index contributed by atoms with van der Waals surface area (Å²) in [5, 5.41) is 19.0. The van der Waals surface area contributed by atoms with Gasteiger partial charge in [0.25, 0.3) is 5.91 Å². The Kier molecular flexibility index (Phi) is 9.66. The molecule has 1 saturated heterocycles. The number of hydrogen-bond donors (Lipinski definition) is 1. The summed E-state index contributed by atoms with van der Waals surface area (Å²) in [4.78, 5) is 28.2. The van der Waals surface area contributed by atoms with Gasteiger partial charge in [0, 0.05) is 31.7 Å². The lowest BCUT2D eigenvalue weighted by molar-refractivity contribution is 0.0993. The van der Waals surface area contributed by atoms with Crippen molar-refractivity contribution in [2.75, 3.05) is 18.0 Å². The number of nitrogens with zero attached hydrogens (tertiary/aromatic N) is 5. The second-order valence-electron chi connectivity index (χ2n) is 12.3. The van der Waals surface area contributed by atoms with Crippen LogP contribution < -0.4 is 9.64 Å². The summed E-state index contributed by atoms with van der Waals surface area (Å²) in [5.74, 6) is 3.01. The smallest absolute Gasteiger partial charge is 0.279 e. The molecule has 0 radical (unpaired) electrons. The van der Waals surface area contributed by atoms with Gasteiger partial charge in [0.2, 0.25) is 5.95 Å². The standard InChI is InChI=1S/C33H43N5O3/c1-22-23(2)31(12-7-27(22)18-34)41-30-10-5-26(6-11-30)19-35-32(40)28-20-36-33(37-21-28)38-15-13-25(14-16-38)17-24-3-8-29(39)9-4-24/h7,12,19-21,24-26,29-30,39H,3-6,8-11,13-17H2,1-2H3. The summed E-state index contributed by atoms with van der Waals surface area (Å²) in [6.07, 6.45) is 16.5. The number of aromatic nitrogens is 2. The van der Waals surface area contributed by atoms with E-state index >= 15 is 0 Å². The molecule has 218 valence electrons. The average Bonchev–Trinajstić information content (AvgIpc) is 3.01. The molecule has 0 unspecified atom stereocenters. The summed E-state index contributed by atoms with van der Waals surface area (Å²) < 4.78 is 6.26. The van der Waals surface area contributed by atoms with Crippen molar-refractivity contribution >= 4 is 18.1 Å². The molecule has 3 aliphatic rings. The molecule has 8 nitrogen and oxygen atoms in total. The number of aliphatic hydroxyl groups is 1. The predicted octanol–water partition coefficient (Wildman–Crippen LogP) is 5.97. The van der Waals surface area contributed by atoms with Gasteiger partial charge in [-0.1, -0.05) is 0 Å². The fourth-order valence-corrected chi connectivity index (χ4v) is 6.64. The number of rotatable bonds is 7. The molecule has 0 spiro atoms. The van der Waals surface area contributed by atoms with E-state index in [1.54, 1.807) is 18.6 Å². The van der Waals surface area contributed by atoms with Gasteiger partial charge in [-0.3, -0.25) is 4.79 Å². The highest BCUT2D eigenvalue weighted by Crippen LogP contribution is 2.34. The van der Waals surface area contributed by atoms with Gasteiger partial charge < -0.3 is 14.7 Å². The zero-order valence-corrected chi connectivity index (χ0v) is 24.5. The van der Waals surface area contributed by atoms with Crippen molar-refractivity contribution < 1.29 is 14.6 Å². The second-order valence-corrected chi connectivity index (χ2v) is 12.3. The first kappa shape index (κ1) is 29.2. The molecule has 5 rings (SSSR count). The maximum atomic E-state index is 12.7. The summed E-state index contributed by atoms with van der Waals surface area (Å²) >= 11 is 0. The van der Waals surface area contributed by atoms with E-state index in [1.165, 1.54) is 6.42 Å². The Bertz CT molecular complexity index is 1250. The second kappa shape index (κ2) is 13.6. The number of benzene rings is 1. The molecule has 1 aliphatic heterocycles. The van der Waals surface area contributed by atoms with Crippen molar-refractivity contribution in [2.45, 2.75) is 96.7 Å². The van der Waals surface area contributed by atoms with Crippen molar-refractivity contribution in [1.82, 2.24) is 9.97 Å². The van der Waals surface area contributed by atoms with Crippen molar-refractivity contribution in [3.63, 3.8) is 0 Å². The van der Waals surface area contributed by atoms with Crippen LogP contribution in [0.3, 0.4) is 0 Å². The van der Waals surface area contributed by atoms with E-state index in [-0.39, 0.29) is 24.0 Å². The number of ether oxygens (including phenoxy) is 1. The monoisotopic (exact) mass is 557 g/mol. The Balaban J connectivity index is 1.05. The Morgan fingerprint density at radius 3 is 2.32 bits per heavy atom. The van der Waals surface area contributed by atoms with Crippen LogP contribution >= 0.6 is 0 Å². The first-order chi connectivity index (χ1) is 19.9. The van der Waals surface area contributed by atoms with Gasteiger partial charge in [-0.05, 0) is 125 Å². The van der Waals surface area contributed by atoms with Gasteiger partial charge in [0.1, 0.15) is 5.75 Å². The van der Waals surface area contributed by atoms with Gasteiger partial charge in [-0.2, -0.15) is 5.26 Å². The van der Waals surface area contributed by atoms with Crippen molar-refractivity contribution in [3.8, 4) is 11.8 Å². The Morgan fingerprint density at radius 1 is 1.00 bits per heavy atom. The van der Waals surface area contributed by atoms with Crippen LogP contribution in [0.15, 0.2) is 29.5 Å². The number of carbonyl (C=O) groups is 1. The van der Waals surface area contributed by atoms with Gasteiger partial charge in [0.05, 0.1) is 29.4 Å². The molecule has 1 aromatic carbocycles. The first-order valence-electron chi connectivity index (χ1n) is 15.4. The van der Waals surface area contributed by atoms with E-state index in [0.717, 1.165) is 106 Å². The molecule has 41 heavy (non-hydrogen) atoms. The minimum atomic E-state index is -0.296. The Labute approximate surface area is 243 Å². The van der Waals surface area contributed by atoms with Crippen LogP contribution in [-0.2, 0) is 0 Å². The van der Waals surface area contributed by atoms with E-state index in [1.807, 2.05) is 26.0 Å². The van der Waals surface area contributed by atoms with Gasteiger partial charge >= 0.3 is 0 Å². The molecule has 2 heterocycles. The number of amides is 1. The number of carbonyl (C=O) groups excluding carboxylic acids is 1. The Hall–Kier alpha value is -3.31. The molecule has 3 fully saturated rings. The number of nitriles is 1. The zero-order valence-electron chi connectivity index (χ0n) is 24.5. The molecular weight excluding hydrogens is 514 g/mol. The summed E-state index contributed by atoms with van der Waals surface area (Å²) in [6, 6.07) is 5.95. The summed E-state index contributed by atoms with van der Waals surface area (Å²) in [7, 11) is 0. The van der Waals surface area contributed by atoms with Crippen LogP contribution in [0, 0.1) is 42.9 Å². The summed E-state index contributed by atoms with van der Waals surface area (Å²) in [5.41, 5.74) is 3.10. The lowest BCUT2D eigenvalue weighted by Crippen LogP contribution is -2.35. The number of aliphatic hydroxyl groups excluding tert-OH is 1. The Morgan fingerprint density at radius 2 is 1.66 bits per heavy atom. The van der Waals surface area contributed by atoms with Crippen LogP contribution in [0.2, 0.25) is 0 Å². The van der Waals surface area contributed by atoms with Crippen LogP contribution in [-0.4, -0.2) is 52.5 Å². The van der Waals surface area contributed by atoms with Gasteiger partial charge in [-0.15, -0.1) is 0 Å². The van der Waals surface area contributed by atoms with E-state index in [2.05, 4.69) is 25.9 Å². The number of aliphatic imine (C=N–C) groups is 1. The molecule has 1 N–H and O–H groups in total. The molecule has 2 aliphatic carbocycles.